The lowest BCUT2D eigenvalue weighted by molar-refractivity contribution is -0.110. The molecule has 2 amide bonds. The van der Waals surface area contributed by atoms with E-state index in [1.807, 2.05) is 62.6 Å². The van der Waals surface area contributed by atoms with Gasteiger partial charge in [0.25, 0.3) is 11.8 Å². The standard InChI is InChI=1S/C28H31N5O4/c1-31(2)13-14-32(3)27(35)23-16-20(17-33(23)4)29-25(18-9-7-6-8-10-18)24-21-12-11-19(28(36)37-5)15-22(21)30-26(24)34/h6-12,15-17,29H,13-14H2,1-5H3,(H,30,34)/b25-24-. The molecule has 4 rings (SSSR count). The summed E-state index contributed by atoms with van der Waals surface area (Å²) in [4.78, 5) is 42.0. The van der Waals surface area contributed by atoms with Gasteiger partial charge in [0.2, 0.25) is 0 Å². The number of amides is 2. The van der Waals surface area contributed by atoms with E-state index in [1.165, 1.54) is 7.11 Å². The quantitative estimate of drug-likeness (QED) is 0.363. The zero-order chi connectivity index (χ0) is 26.7. The van der Waals surface area contributed by atoms with Gasteiger partial charge in [-0.3, -0.25) is 9.59 Å². The molecule has 2 N–H and O–H groups in total. The second-order valence-corrected chi connectivity index (χ2v) is 9.20. The molecular weight excluding hydrogens is 470 g/mol. The molecule has 0 atom stereocenters. The van der Waals surface area contributed by atoms with E-state index in [0.29, 0.717) is 46.0 Å². The molecule has 0 radical (unpaired) electrons. The Bertz CT molecular complexity index is 1370. The summed E-state index contributed by atoms with van der Waals surface area (Å²) >= 11 is 0. The van der Waals surface area contributed by atoms with Crippen LogP contribution in [0.1, 0.15) is 32.0 Å². The Balaban J connectivity index is 1.73. The summed E-state index contributed by atoms with van der Waals surface area (Å²) < 4.78 is 6.58. The van der Waals surface area contributed by atoms with E-state index in [4.69, 9.17) is 4.74 Å². The topological polar surface area (TPSA) is 95.9 Å². The average molecular weight is 502 g/mol. The number of methoxy groups -OCH3 is 1. The van der Waals surface area contributed by atoms with Crippen molar-refractivity contribution in [3.63, 3.8) is 0 Å². The molecule has 192 valence electrons. The largest absolute Gasteiger partial charge is 0.465 e. The number of fused-ring (bicyclic) bond motifs is 1. The van der Waals surface area contributed by atoms with Crippen molar-refractivity contribution in [1.29, 1.82) is 0 Å². The van der Waals surface area contributed by atoms with Gasteiger partial charge in [-0.15, -0.1) is 0 Å². The number of benzene rings is 2. The minimum atomic E-state index is -0.479. The van der Waals surface area contributed by atoms with Gasteiger partial charge >= 0.3 is 5.97 Å². The van der Waals surface area contributed by atoms with Gasteiger partial charge in [0.15, 0.2) is 0 Å². The maximum Gasteiger partial charge on any atom is 0.337 e. The number of likely N-dealkylation sites (N-methyl/N-ethyl adjacent to an activating group) is 2. The van der Waals surface area contributed by atoms with E-state index < -0.39 is 5.97 Å². The van der Waals surface area contributed by atoms with Crippen LogP contribution in [0.5, 0.6) is 0 Å². The van der Waals surface area contributed by atoms with Crippen molar-refractivity contribution in [3.8, 4) is 0 Å². The number of nitrogens with zero attached hydrogens (tertiary/aromatic N) is 3. The number of aryl methyl sites for hydroxylation is 1. The first-order valence-corrected chi connectivity index (χ1v) is 11.9. The normalized spacial score (nSPS) is 13.7. The van der Waals surface area contributed by atoms with Gasteiger partial charge in [-0.05, 0) is 37.9 Å². The minimum absolute atomic E-state index is 0.0920. The van der Waals surface area contributed by atoms with E-state index in [9.17, 15) is 14.4 Å². The van der Waals surface area contributed by atoms with Gasteiger partial charge in [-0.2, -0.15) is 0 Å². The number of esters is 1. The monoisotopic (exact) mass is 501 g/mol. The van der Waals surface area contributed by atoms with Crippen LogP contribution in [-0.2, 0) is 16.6 Å². The van der Waals surface area contributed by atoms with Crippen LogP contribution in [0, 0.1) is 0 Å². The smallest absolute Gasteiger partial charge is 0.337 e. The van der Waals surface area contributed by atoms with E-state index in [0.717, 1.165) is 12.1 Å². The SMILES string of the molecule is COC(=O)c1ccc2c(c1)NC(=O)/C2=C(\Nc1cc(C(=O)N(C)CCN(C)C)n(C)c1)c1ccccc1. The third-order valence-corrected chi connectivity index (χ3v) is 6.22. The molecule has 1 aliphatic rings. The van der Waals surface area contributed by atoms with Crippen LogP contribution in [-0.4, -0.2) is 73.5 Å². The molecule has 3 aromatic rings. The summed E-state index contributed by atoms with van der Waals surface area (Å²) in [5.74, 6) is -0.863. The Hall–Kier alpha value is -4.37. The molecule has 2 heterocycles. The van der Waals surface area contributed by atoms with E-state index in [2.05, 4.69) is 10.6 Å². The molecule has 9 heteroatoms. The van der Waals surface area contributed by atoms with Gasteiger partial charge in [0.1, 0.15) is 5.69 Å². The molecule has 0 spiro atoms. The number of carbonyl (C=O) groups excluding carboxylic acids is 3. The first kappa shape index (κ1) is 25.7. The second-order valence-electron chi connectivity index (χ2n) is 9.20. The molecule has 37 heavy (non-hydrogen) atoms. The fourth-order valence-corrected chi connectivity index (χ4v) is 4.19. The van der Waals surface area contributed by atoms with Crippen LogP contribution in [0.4, 0.5) is 11.4 Å². The fourth-order valence-electron chi connectivity index (χ4n) is 4.19. The maximum atomic E-state index is 13.2. The Morgan fingerprint density at radius 1 is 1.00 bits per heavy atom. The van der Waals surface area contributed by atoms with Crippen molar-refractivity contribution in [2.75, 3.05) is 52.0 Å². The van der Waals surface area contributed by atoms with Gasteiger partial charge < -0.3 is 29.7 Å². The predicted molar refractivity (Wildman–Crippen MR) is 144 cm³/mol. The highest BCUT2D eigenvalue weighted by Gasteiger charge is 2.30. The summed E-state index contributed by atoms with van der Waals surface area (Å²) in [6, 6.07) is 16.3. The number of hydrogen-bond donors (Lipinski definition) is 2. The molecule has 0 saturated carbocycles. The van der Waals surface area contributed by atoms with E-state index in [1.54, 1.807) is 40.8 Å². The number of nitrogens with one attached hydrogen (secondary N) is 2. The molecule has 1 aliphatic heterocycles. The van der Waals surface area contributed by atoms with Crippen molar-refractivity contribution in [3.05, 3.63) is 83.2 Å². The van der Waals surface area contributed by atoms with Crippen molar-refractivity contribution < 1.29 is 19.1 Å². The Morgan fingerprint density at radius 2 is 1.73 bits per heavy atom. The van der Waals surface area contributed by atoms with Crippen LogP contribution >= 0.6 is 0 Å². The van der Waals surface area contributed by atoms with Crippen molar-refractivity contribution in [2.24, 2.45) is 7.05 Å². The Labute approximate surface area is 216 Å². The summed E-state index contributed by atoms with van der Waals surface area (Å²) in [5, 5.41) is 6.25. The molecule has 9 nitrogen and oxygen atoms in total. The third kappa shape index (κ3) is 5.41. The van der Waals surface area contributed by atoms with Crippen LogP contribution in [0.2, 0.25) is 0 Å². The van der Waals surface area contributed by atoms with Gasteiger partial charge in [-0.1, -0.05) is 36.4 Å². The Morgan fingerprint density at radius 3 is 2.41 bits per heavy atom. The molecule has 0 bridgehead atoms. The summed E-state index contributed by atoms with van der Waals surface area (Å²) in [5.41, 5.74) is 4.58. The number of aromatic nitrogens is 1. The summed E-state index contributed by atoms with van der Waals surface area (Å²) in [7, 11) is 8.85. The molecule has 0 unspecified atom stereocenters. The van der Waals surface area contributed by atoms with Crippen LogP contribution in [0.15, 0.2) is 60.8 Å². The number of hydrogen-bond acceptors (Lipinski definition) is 6. The summed E-state index contributed by atoms with van der Waals surface area (Å²) in [6.07, 6.45) is 1.82. The predicted octanol–water partition coefficient (Wildman–Crippen LogP) is 3.38. The fraction of sp³-hybridized carbons (Fsp3) is 0.250. The number of carbonyl (C=O) groups is 3. The lowest BCUT2D eigenvalue weighted by Gasteiger charge is -2.19. The first-order valence-electron chi connectivity index (χ1n) is 11.9. The molecule has 1 aromatic heterocycles. The van der Waals surface area contributed by atoms with Crippen molar-refractivity contribution in [2.45, 2.75) is 0 Å². The van der Waals surface area contributed by atoms with Crippen LogP contribution in [0.25, 0.3) is 11.3 Å². The highest BCUT2D eigenvalue weighted by Crippen LogP contribution is 2.38. The van der Waals surface area contributed by atoms with Crippen molar-refractivity contribution in [1.82, 2.24) is 14.4 Å². The Kier molecular flexibility index (Phi) is 7.45. The van der Waals surface area contributed by atoms with Gasteiger partial charge in [0, 0.05) is 38.9 Å². The molecular formula is C28H31N5O4. The van der Waals surface area contributed by atoms with E-state index in [-0.39, 0.29) is 11.8 Å². The highest BCUT2D eigenvalue weighted by atomic mass is 16.5. The maximum absolute atomic E-state index is 13.2. The van der Waals surface area contributed by atoms with Crippen LogP contribution in [0.3, 0.4) is 0 Å². The first-order chi connectivity index (χ1) is 17.7. The minimum Gasteiger partial charge on any atom is -0.465 e. The highest BCUT2D eigenvalue weighted by molar-refractivity contribution is 6.37. The van der Waals surface area contributed by atoms with Gasteiger partial charge in [-0.25, -0.2) is 4.79 Å². The van der Waals surface area contributed by atoms with Gasteiger partial charge in [0.05, 0.1) is 35.3 Å². The number of rotatable bonds is 8. The van der Waals surface area contributed by atoms with Crippen molar-refractivity contribution >= 4 is 40.4 Å². The molecule has 0 saturated heterocycles. The molecule has 2 aromatic carbocycles. The van der Waals surface area contributed by atoms with Crippen LogP contribution < -0.4 is 10.6 Å². The molecule has 0 fully saturated rings. The molecule has 0 aliphatic carbocycles. The second kappa shape index (κ2) is 10.7. The zero-order valence-electron chi connectivity index (χ0n) is 21.7. The summed E-state index contributed by atoms with van der Waals surface area (Å²) in [6.45, 7) is 1.36. The van der Waals surface area contributed by atoms with E-state index >= 15 is 0 Å². The zero-order valence-corrected chi connectivity index (χ0v) is 21.7. The number of ether oxygens (including phenoxy) is 1. The lowest BCUT2D eigenvalue weighted by atomic mass is 9.99. The lowest BCUT2D eigenvalue weighted by Crippen LogP contribution is -2.34. The average Bonchev–Trinajstić information content (AvgIpc) is 3.42. The third-order valence-electron chi connectivity index (χ3n) is 6.22. The number of anilines is 2.